The van der Waals surface area contributed by atoms with E-state index in [1.54, 1.807) is 19.3 Å². The van der Waals surface area contributed by atoms with Crippen molar-refractivity contribution in [1.29, 1.82) is 0 Å². The number of nitrogens with zero attached hydrogens (tertiary/aromatic N) is 2. The van der Waals surface area contributed by atoms with Gasteiger partial charge in [0.25, 0.3) is 0 Å². The average Bonchev–Trinajstić information content (AvgIpc) is 2.63. The molecule has 0 aromatic heterocycles. The molecule has 0 N–H and O–H groups in total. The van der Waals surface area contributed by atoms with Crippen LogP contribution in [0.5, 0.6) is 5.75 Å². The Bertz CT molecular complexity index is 671. The van der Waals surface area contributed by atoms with Gasteiger partial charge in [-0.25, -0.2) is 0 Å². The largest absolute Gasteiger partial charge is 0.496 e. The maximum atomic E-state index is 10.7. The molecule has 1 aromatic carbocycles. The van der Waals surface area contributed by atoms with Crippen LogP contribution in [-0.4, -0.2) is 32.4 Å². The minimum atomic E-state index is 0.0439. The standard InChI is InChI=1S/C14H21NO.C8H11NO/c1-5-6-7-13(15-3)12-8-9-14(16-4)11(2)10-12;1-4-8(7(2)10)5-6-9-3/h8-10H,5-7H2,1-4H3;4-6H,3H2,1-2H3/b;6-5-,8-4+. The SMILES string of the molecule is C=N/C=C\C(=C/C)C(C)=O.CCCCC(=NC)c1ccc(OC)c(C)c1. The number of carbonyl (C=O) groups excluding carboxylic acids is 1. The average molecular weight is 357 g/mol. The van der Waals surface area contributed by atoms with Crippen molar-refractivity contribution in [1.82, 2.24) is 0 Å². The molecule has 1 rings (SSSR count). The number of aryl methyl sites for hydroxylation is 1. The fourth-order valence-electron chi connectivity index (χ4n) is 2.34. The summed E-state index contributed by atoms with van der Waals surface area (Å²) in [5.41, 5.74) is 4.23. The number of unbranched alkanes of at least 4 members (excludes halogenated alkanes) is 1. The third kappa shape index (κ3) is 8.56. The Morgan fingerprint density at radius 1 is 1.35 bits per heavy atom. The van der Waals surface area contributed by atoms with Crippen molar-refractivity contribution in [2.75, 3.05) is 14.2 Å². The lowest BCUT2D eigenvalue weighted by Crippen LogP contribution is -2.01. The molecule has 142 valence electrons. The van der Waals surface area contributed by atoms with Crippen LogP contribution < -0.4 is 4.74 Å². The zero-order valence-corrected chi connectivity index (χ0v) is 17.0. The summed E-state index contributed by atoms with van der Waals surface area (Å²) in [6, 6.07) is 6.25. The van der Waals surface area contributed by atoms with Gasteiger partial charge in [0.1, 0.15) is 5.75 Å². The molecular formula is C22H32N2O2. The van der Waals surface area contributed by atoms with Crippen LogP contribution in [0.25, 0.3) is 0 Å². The highest BCUT2D eigenvalue weighted by Gasteiger charge is 2.05. The second-order valence-corrected chi connectivity index (χ2v) is 5.76. The smallest absolute Gasteiger partial charge is 0.159 e. The van der Waals surface area contributed by atoms with Crippen LogP contribution >= 0.6 is 0 Å². The number of carbonyl (C=O) groups is 1. The van der Waals surface area contributed by atoms with Crippen LogP contribution in [0.15, 0.2) is 52.1 Å². The van der Waals surface area contributed by atoms with E-state index in [9.17, 15) is 4.79 Å². The summed E-state index contributed by atoms with van der Waals surface area (Å²) < 4.78 is 5.25. The topological polar surface area (TPSA) is 51.0 Å². The number of methoxy groups -OCH3 is 1. The number of ether oxygens (including phenoxy) is 1. The van der Waals surface area contributed by atoms with E-state index in [2.05, 4.69) is 42.7 Å². The van der Waals surface area contributed by atoms with Crippen LogP contribution in [0.4, 0.5) is 0 Å². The molecule has 0 atom stereocenters. The van der Waals surface area contributed by atoms with Gasteiger partial charge in [-0.1, -0.05) is 19.4 Å². The van der Waals surface area contributed by atoms with Crippen molar-refractivity contribution in [3.05, 3.63) is 53.3 Å². The number of Topliss-reactive ketones (excluding diaryl/α,β-unsaturated/α-hetero) is 1. The Morgan fingerprint density at radius 3 is 2.46 bits per heavy atom. The zero-order valence-electron chi connectivity index (χ0n) is 17.0. The molecule has 4 nitrogen and oxygen atoms in total. The monoisotopic (exact) mass is 356 g/mol. The molecule has 0 unspecified atom stereocenters. The predicted octanol–water partition coefficient (Wildman–Crippen LogP) is 5.35. The van der Waals surface area contributed by atoms with Gasteiger partial charge in [-0.05, 0) is 75.7 Å². The van der Waals surface area contributed by atoms with Gasteiger partial charge in [0.2, 0.25) is 0 Å². The Hall–Kier alpha value is -2.49. The molecule has 0 saturated heterocycles. The van der Waals surface area contributed by atoms with Crippen LogP contribution in [-0.2, 0) is 4.79 Å². The van der Waals surface area contributed by atoms with E-state index < -0.39 is 0 Å². The molecule has 0 aliphatic rings. The maximum absolute atomic E-state index is 10.7. The van der Waals surface area contributed by atoms with E-state index in [1.165, 1.54) is 37.2 Å². The molecule has 1 aromatic rings. The third-order valence-electron chi connectivity index (χ3n) is 3.84. The van der Waals surface area contributed by atoms with Gasteiger partial charge >= 0.3 is 0 Å². The van der Waals surface area contributed by atoms with E-state index in [4.69, 9.17) is 4.74 Å². The highest BCUT2D eigenvalue weighted by molar-refractivity contribution is 6.00. The van der Waals surface area contributed by atoms with Crippen LogP contribution in [0.3, 0.4) is 0 Å². The summed E-state index contributed by atoms with van der Waals surface area (Å²) in [4.78, 5) is 18.5. The number of benzene rings is 1. The summed E-state index contributed by atoms with van der Waals surface area (Å²) in [6.45, 7) is 10.8. The van der Waals surface area contributed by atoms with Crippen molar-refractivity contribution >= 4 is 18.2 Å². The molecule has 0 saturated carbocycles. The second kappa shape index (κ2) is 13.8. The zero-order chi connectivity index (χ0) is 19.9. The molecule has 4 heteroatoms. The number of rotatable bonds is 8. The van der Waals surface area contributed by atoms with E-state index in [0.717, 1.165) is 17.7 Å². The summed E-state index contributed by atoms with van der Waals surface area (Å²) in [6.07, 6.45) is 8.32. The minimum absolute atomic E-state index is 0.0439. The normalized spacial score (nSPS) is 11.8. The highest BCUT2D eigenvalue weighted by atomic mass is 16.5. The van der Waals surface area contributed by atoms with Crippen LogP contribution in [0, 0.1) is 6.92 Å². The molecule has 0 spiro atoms. The fourth-order valence-corrected chi connectivity index (χ4v) is 2.34. The van der Waals surface area contributed by atoms with Crippen molar-refractivity contribution in [2.24, 2.45) is 9.98 Å². The summed E-state index contributed by atoms with van der Waals surface area (Å²) in [5.74, 6) is 0.983. The van der Waals surface area contributed by atoms with Gasteiger partial charge in [0, 0.05) is 24.5 Å². The van der Waals surface area contributed by atoms with Crippen LogP contribution in [0.1, 0.15) is 51.2 Å². The van der Waals surface area contributed by atoms with Crippen molar-refractivity contribution in [3.63, 3.8) is 0 Å². The number of allylic oxidation sites excluding steroid dienone is 3. The summed E-state index contributed by atoms with van der Waals surface area (Å²) >= 11 is 0. The van der Waals surface area contributed by atoms with Gasteiger partial charge in [0.15, 0.2) is 5.78 Å². The fraction of sp³-hybridized carbons (Fsp3) is 0.409. The van der Waals surface area contributed by atoms with Gasteiger partial charge < -0.3 is 4.74 Å². The highest BCUT2D eigenvalue weighted by Crippen LogP contribution is 2.20. The number of ketones is 1. The quantitative estimate of drug-likeness (QED) is 0.358. The number of hydrogen-bond donors (Lipinski definition) is 0. The molecule has 0 aliphatic heterocycles. The van der Waals surface area contributed by atoms with Gasteiger partial charge in [-0.3, -0.25) is 14.8 Å². The van der Waals surface area contributed by atoms with Crippen molar-refractivity contribution < 1.29 is 9.53 Å². The van der Waals surface area contributed by atoms with E-state index in [0.29, 0.717) is 5.57 Å². The van der Waals surface area contributed by atoms with Crippen molar-refractivity contribution in [2.45, 2.75) is 47.0 Å². The number of aliphatic imine (C=N–C) groups is 2. The Morgan fingerprint density at radius 2 is 2.04 bits per heavy atom. The lowest BCUT2D eigenvalue weighted by atomic mass is 10.0. The van der Waals surface area contributed by atoms with Gasteiger partial charge in [0.05, 0.1) is 7.11 Å². The predicted molar refractivity (Wildman–Crippen MR) is 113 cm³/mol. The molecule has 0 fully saturated rings. The van der Waals surface area contributed by atoms with Crippen LogP contribution in [0.2, 0.25) is 0 Å². The first kappa shape index (κ1) is 23.5. The first-order chi connectivity index (χ1) is 12.4. The number of hydrogen-bond acceptors (Lipinski definition) is 4. The molecule has 0 bridgehead atoms. The molecule has 0 aliphatic carbocycles. The lowest BCUT2D eigenvalue weighted by molar-refractivity contribution is -0.113. The molecular weight excluding hydrogens is 324 g/mol. The molecule has 0 heterocycles. The molecule has 0 amide bonds. The Kier molecular flexibility index (Phi) is 12.4. The van der Waals surface area contributed by atoms with Gasteiger partial charge in [-0.2, -0.15) is 0 Å². The summed E-state index contributed by atoms with van der Waals surface area (Å²) in [5, 5.41) is 0. The summed E-state index contributed by atoms with van der Waals surface area (Å²) in [7, 11) is 3.57. The third-order valence-corrected chi connectivity index (χ3v) is 3.84. The van der Waals surface area contributed by atoms with Gasteiger partial charge in [-0.15, -0.1) is 0 Å². The lowest BCUT2D eigenvalue weighted by Gasteiger charge is -2.09. The van der Waals surface area contributed by atoms with Crippen molar-refractivity contribution in [3.8, 4) is 5.75 Å². The Labute approximate surface area is 158 Å². The Balaban J connectivity index is 0.000000541. The maximum Gasteiger partial charge on any atom is 0.159 e. The molecule has 0 radical (unpaired) electrons. The first-order valence-electron chi connectivity index (χ1n) is 8.85. The first-order valence-corrected chi connectivity index (χ1v) is 8.85. The second-order valence-electron chi connectivity index (χ2n) is 5.76. The van der Waals surface area contributed by atoms with E-state index >= 15 is 0 Å². The van der Waals surface area contributed by atoms with E-state index in [1.807, 2.05) is 20.0 Å². The van der Waals surface area contributed by atoms with E-state index in [-0.39, 0.29) is 5.78 Å². The molecule has 26 heavy (non-hydrogen) atoms. The minimum Gasteiger partial charge on any atom is -0.496 e.